The van der Waals surface area contributed by atoms with Gasteiger partial charge in [0.2, 0.25) is 0 Å². The van der Waals surface area contributed by atoms with E-state index >= 15 is 0 Å². The van der Waals surface area contributed by atoms with Gasteiger partial charge < -0.3 is 40.8 Å². The highest BCUT2D eigenvalue weighted by Gasteiger charge is 2.33. The Balaban J connectivity index is 1.66. The summed E-state index contributed by atoms with van der Waals surface area (Å²) < 4.78 is 16.6. The molecule has 0 aromatic heterocycles. The van der Waals surface area contributed by atoms with Gasteiger partial charge in [-0.05, 0) is 75.3 Å². The van der Waals surface area contributed by atoms with Crippen LogP contribution in [0, 0.1) is 18.8 Å². The Bertz CT molecular complexity index is 864. The molecule has 1 aromatic carbocycles. The Morgan fingerprint density at radius 1 is 1.27 bits per heavy atom. The first kappa shape index (κ1) is 29.0. The number of likely N-dealkylation sites (N-methyl/N-ethyl adjacent to an activating group) is 1. The summed E-state index contributed by atoms with van der Waals surface area (Å²) in [5, 5.41) is 9.16. The van der Waals surface area contributed by atoms with E-state index in [4.69, 9.17) is 15.2 Å². The van der Waals surface area contributed by atoms with Crippen LogP contribution in [0.5, 0.6) is 0 Å². The lowest BCUT2D eigenvalue weighted by Crippen LogP contribution is -2.52. The number of urea groups is 1. The number of carbonyl (C=O) groups is 2. The van der Waals surface area contributed by atoms with E-state index in [1.807, 2.05) is 37.1 Å². The standard InChI is InChI=1S/C27H45N5O5/c1-19-8-9-22(28)15-24(19)25(37-13-10-30-27(34)35-3)21-7-4-11-32(17-21)26(33)31-23(16-29-2)14-20-6-5-12-36-18-20/h8-9,15,20-21,23,25,29H,4-7,10-14,16-18,28H2,1-3H3,(H,30,34)(H,31,33)/t20-,21-,23+,25-/m1/s1. The quantitative estimate of drug-likeness (QED) is 0.262. The van der Waals surface area contributed by atoms with E-state index in [1.165, 1.54) is 7.11 Å². The molecule has 2 aliphatic rings. The van der Waals surface area contributed by atoms with E-state index < -0.39 is 6.09 Å². The van der Waals surface area contributed by atoms with Gasteiger partial charge in [-0.2, -0.15) is 0 Å². The number of nitrogens with zero attached hydrogens (tertiary/aromatic N) is 1. The zero-order valence-electron chi connectivity index (χ0n) is 22.6. The molecule has 37 heavy (non-hydrogen) atoms. The number of piperidine rings is 1. The van der Waals surface area contributed by atoms with Crippen LogP contribution in [0.1, 0.15) is 49.3 Å². The summed E-state index contributed by atoms with van der Waals surface area (Å²) in [6.45, 7) is 6.34. The molecular weight excluding hydrogens is 474 g/mol. The van der Waals surface area contributed by atoms with Gasteiger partial charge in [0.25, 0.3) is 0 Å². The first-order chi connectivity index (χ1) is 17.9. The molecule has 0 spiro atoms. The van der Waals surface area contributed by atoms with Gasteiger partial charge in [-0.15, -0.1) is 0 Å². The van der Waals surface area contributed by atoms with Gasteiger partial charge in [-0.1, -0.05) is 6.07 Å². The summed E-state index contributed by atoms with van der Waals surface area (Å²) in [4.78, 5) is 26.7. The summed E-state index contributed by atoms with van der Waals surface area (Å²) in [7, 11) is 3.25. The number of alkyl carbamates (subject to hydrolysis) is 1. The summed E-state index contributed by atoms with van der Waals surface area (Å²) in [5.41, 5.74) is 8.91. The van der Waals surface area contributed by atoms with Crippen molar-refractivity contribution in [2.75, 3.05) is 65.9 Å². The van der Waals surface area contributed by atoms with Crippen LogP contribution in [-0.4, -0.2) is 83.2 Å². The maximum Gasteiger partial charge on any atom is 0.406 e. The number of ether oxygens (including phenoxy) is 3. The fourth-order valence-electron chi connectivity index (χ4n) is 5.40. The molecule has 3 amide bonds. The molecule has 2 heterocycles. The minimum Gasteiger partial charge on any atom is -0.453 e. The van der Waals surface area contributed by atoms with E-state index in [-0.39, 0.29) is 24.1 Å². The lowest BCUT2D eigenvalue weighted by atomic mass is 9.86. The molecule has 3 rings (SSSR count). The molecule has 10 nitrogen and oxygen atoms in total. The Hall–Kier alpha value is -2.56. The van der Waals surface area contributed by atoms with Crippen molar-refractivity contribution < 1.29 is 23.8 Å². The van der Waals surface area contributed by atoms with Gasteiger partial charge in [-0.3, -0.25) is 0 Å². The van der Waals surface area contributed by atoms with Gasteiger partial charge in [0.1, 0.15) is 0 Å². The second-order valence-electron chi connectivity index (χ2n) is 10.2. The third-order valence-electron chi connectivity index (χ3n) is 7.29. The minimum atomic E-state index is -0.489. The molecule has 0 unspecified atom stereocenters. The van der Waals surface area contributed by atoms with Crippen LogP contribution in [0.2, 0.25) is 0 Å². The number of methoxy groups -OCH3 is 1. The van der Waals surface area contributed by atoms with Crippen LogP contribution in [0.15, 0.2) is 18.2 Å². The van der Waals surface area contributed by atoms with Crippen LogP contribution in [0.3, 0.4) is 0 Å². The zero-order chi connectivity index (χ0) is 26.6. The lowest BCUT2D eigenvalue weighted by Gasteiger charge is -2.38. The van der Waals surface area contributed by atoms with Crippen molar-refractivity contribution in [1.29, 1.82) is 0 Å². The Labute approximate surface area is 220 Å². The van der Waals surface area contributed by atoms with Crippen LogP contribution in [0.4, 0.5) is 15.3 Å². The first-order valence-corrected chi connectivity index (χ1v) is 13.5. The van der Waals surface area contributed by atoms with Crippen molar-refractivity contribution in [3.63, 3.8) is 0 Å². The molecule has 5 N–H and O–H groups in total. The summed E-state index contributed by atoms with van der Waals surface area (Å²) >= 11 is 0. The Morgan fingerprint density at radius 2 is 2.11 bits per heavy atom. The second kappa shape index (κ2) is 15.0. The molecule has 2 aliphatic heterocycles. The molecule has 0 radical (unpaired) electrons. The maximum absolute atomic E-state index is 13.4. The van der Waals surface area contributed by atoms with Crippen molar-refractivity contribution in [2.45, 2.75) is 51.2 Å². The zero-order valence-corrected chi connectivity index (χ0v) is 22.6. The van der Waals surface area contributed by atoms with Gasteiger partial charge >= 0.3 is 12.1 Å². The van der Waals surface area contributed by atoms with Crippen LogP contribution in [-0.2, 0) is 14.2 Å². The Morgan fingerprint density at radius 3 is 2.84 bits per heavy atom. The average molecular weight is 520 g/mol. The highest BCUT2D eigenvalue weighted by atomic mass is 16.5. The molecular formula is C27H45N5O5. The van der Waals surface area contributed by atoms with E-state index in [9.17, 15) is 9.59 Å². The van der Waals surface area contributed by atoms with E-state index in [0.717, 1.165) is 63.0 Å². The van der Waals surface area contributed by atoms with Gasteiger partial charge in [-0.25, -0.2) is 9.59 Å². The van der Waals surface area contributed by atoms with Crippen molar-refractivity contribution in [2.24, 2.45) is 11.8 Å². The van der Waals surface area contributed by atoms with Crippen LogP contribution >= 0.6 is 0 Å². The topological polar surface area (TPSA) is 127 Å². The number of anilines is 1. The number of carbonyl (C=O) groups excluding carboxylic acids is 2. The van der Waals surface area contributed by atoms with Crippen LogP contribution in [0.25, 0.3) is 0 Å². The van der Waals surface area contributed by atoms with Crippen molar-refractivity contribution >= 4 is 17.8 Å². The first-order valence-electron chi connectivity index (χ1n) is 13.5. The number of rotatable bonds is 11. The van der Waals surface area contributed by atoms with Crippen molar-refractivity contribution in [3.8, 4) is 0 Å². The second-order valence-corrected chi connectivity index (χ2v) is 10.2. The molecule has 2 saturated heterocycles. The maximum atomic E-state index is 13.4. The molecule has 2 fully saturated rings. The third-order valence-corrected chi connectivity index (χ3v) is 7.29. The highest BCUT2D eigenvalue weighted by Crippen LogP contribution is 2.35. The van der Waals surface area contributed by atoms with Gasteiger partial charge in [0.15, 0.2) is 0 Å². The highest BCUT2D eigenvalue weighted by molar-refractivity contribution is 5.74. The number of benzene rings is 1. The van der Waals surface area contributed by atoms with Gasteiger partial charge in [0, 0.05) is 57.0 Å². The molecule has 208 valence electrons. The Kier molecular flexibility index (Phi) is 11.8. The number of aryl methyl sites for hydroxylation is 1. The number of likely N-dealkylation sites (tertiary alicyclic amines) is 1. The molecule has 0 bridgehead atoms. The van der Waals surface area contributed by atoms with E-state index in [0.29, 0.717) is 37.8 Å². The van der Waals surface area contributed by atoms with Crippen LogP contribution < -0.4 is 21.7 Å². The third kappa shape index (κ3) is 9.05. The molecule has 1 aromatic rings. The fourth-order valence-corrected chi connectivity index (χ4v) is 5.40. The smallest absolute Gasteiger partial charge is 0.406 e. The average Bonchev–Trinajstić information content (AvgIpc) is 2.91. The molecule has 4 atom stereocenters. The van der Waals surface area contributed by atoms with E-state index in [2.05, 4.69) is 20.7 Å². The monoisotopic (exact) mass is 519 g/mol. The summed E-state index contributed by atoms with van der Waals surface area (Å²) in [5.74, 6) is 0.581. The molecule has 10 heteroatoms. The van der Waals surface area contributed by atoms with Gasteiger partial charge in [0.05, 0.1) is 19.8 Å². The van der Waals surface area contributed by atoms with E-state index in [1.54, 1.807) is 0 Å². The number of nitrogens with one attached hydrogen (secondary N) is 3. The fraction of sp³-hybridized carbons (Fsp3) is 0.704. The van der Waals surface area contributed by atoms with Crippen molar-refractivity contribution in [3.05, 3.63) is 29.3 Å². The lowest BCUT2D eigenvalue weighted by molar-refractivity contribution is -0.00905. The predicted molar refractivity (Wildman–Crippen MR) is 143 cm³/mol. The number of nitrogens with two attached hydrogens (primary N) is 1. The normalized spacial score (nSPS) is 21.6. The molecule has 0 aliphatic carbocycles. The largest absolute Gasteiger partial charge is 0.453 e. The number of hydrogen-bond acceptors (Lipinski definition) is 7. The number of hydrogen-bond donors (Lipinski definition) is 4. The van der Waals surface area contributed by atoms with Crippen molar-refractivity contribution in [1.82, 2.24) is 20.9 Å². The number of nitrogen functional groups attached to an aromatic ring is 1. The minimum absolute atomic E-state index is 0.0305. The summed E-state index contributed by atoms with van der Waals surface area (Å²) in [6, 6.07) is 5.86. The SMILES string of the molecule is CNC[C@H](C[C@H]1CCCOC1)NC(=O)N1CCC[C@@H]([C@@H](OCCNC(=O)OC)c2cc(N)ccc2C)C1. The number of amides is 3. The molecule has 0 saturated carbocycles. The summed E-state index contributed by atoms with van der Waals surface area (Å²) in [6.07, 6.45) is 4.23. The predicted octanol–water partition coefficient (Wildman–Crippen LogP) is 2.82.